The van der Waals surface area contributed by atoms with Crippen LogP contribution < -0.4 is 10.1 Å². The number of ether oxygens (including phenoxy) is 1. The fraction of sp³-hybridized carbons (Fsp3) is 0.444. The van der Waals surface area contributed by atoms with E-state index in [0.717, 1.165) is 11.3 Å². The Kier molecular flexibility index (Phi) is 5.55. The first-order valence-electron chi connectivity index (χ1n) is 8.38. The molecule has 1 unspecified atom stereocenters. The van der Waals surface area contributed by atoms with Crippen LogP contribution in [0, 0.1) is 5.92 Å². The van der Waals surface area contributed by atoms with E-state index in [1.807, 2.05) is 6.07 Å². The standard InChI is InChI=1S/C18H22N4O3/c1-25-17-5-2-12(10-21-17)18(13-8-15(23)9-13)22-16(24)4-3-14-11-19-6-7-20-14/h2,5-7,10-11,13,15,18,23H,3-4,8-9H2,1H3,(H,22,24). The van der Waals surface area contributed by atoms with Gasteiger partial charge in [-0.1, -0.05) is 6.07 Å². The SMILES string of the molecule is COc1ccc(C(NC(=O)CCc2cnccn2)C2CC(O)C2)cn1. The number of hydrogen-bond acceptors (Lipinski definition) is 6. The van der Waals surface area contributed by atoms with E-state index in [1.165, 1.54) is 0 Å². The molecule has 25 heavy (non-hydrogen) atoms. The van der Waals surface area contributed by atoms with Crippen LogP contribution in [0.25, 0.3) is 0 Å². The first-order valence-corrected chi connectivity index (χ1v) is 8.38. The Hall–Kier alpha value is -2.54. The molecule has 0 radical (unpaired) electrons. The van der Waals surface area contributed by atoms with Crippen molar-refractivity contribution in [3.8, 4) is 5.88 Å². The number of rotatable bonds is 7. The summed E-state index contributed by atoms with van der Waals surface area (Å²) in [6.07, 6.45) is 8.58. The topological polar surface area (TPSA) is 97.2 Å². The van der Waals surface area contributed by atoms with Gasteiger partial charge >= 0.3 is 0 Å². The number of pyridine rings is 1. The Labute approximate surface area is 146 Å². The van der Waals surface area contributed by atoms with Gasteiger partial charge in [0.05, 0.1) is 24.9 Å². The highest BCUT2D eigenvalue weighted by molar-refractivity contribution is 5.76. The van der Waals surface area contributed by atoms with E-state index in [-0.39, 0.29) is 24.0 Å². The summed E-state index contributed by atoms with van der Waals surface area (Å²) in [6, 6.07) is 3.53. The maximum atomic E-state index is 12.4. The number of aliphatic hydroxyl groups is 1. The van der Waals surface area contributed by atoms with E-state index in [0.29, 0.717) is 31.6 Å². The number of aryl methyl sites for hydroxylation is 1. The highest BCUT2D eigenvalue weighted by atomic mass is 16.5. The van der Waals surface area contributed by atoms with Gasteiger partial charge in [-0.15, -0.1) is 0 Å². The number of aromatic nitrogens is 3. The predicted molar refractivity (Wildman–Crippen MR) is 90.8 cm³/mol. The van der Waals surface area contributed by atoms with Crippen molar-refractivity contribution in [2.24, 2.45) is 5.92 Å². The van der Waals surface area contributed by atoms with E-state index in [2.05, 4.69) is 20.3 Å². The minimum atomic E-state index is -0.282. The van der Waals surface area contributed by atoms with Crippen molar-refractivity contribution < 1.29 is 14.6 Å². The molecular formula is C18H22N4O3. The maximum absolute atomic E-state index is 12.4. The quantitative estimate of drug-likeness (QED) is 0.790. The Balaban J connectivity index is 1.63. The number of hydrogen-bond donors (Lipinski definition) is 2. The molecule has 7 nitrogen and oxygen atoms in total. The lowest BCUT2D eigenvalue weighted by Crippen LogP contribution is -2.41. The molecule has 1 fully saturated rings. The lowest BCUT2D eigenvalue weighted by Gasteiger charge is -2.38. The molecule has 7 heteroatoms. The molecule has 2 aromatic rings. The van der Waals surface area contributed by atoms with Gasteiger partial charge in [0.15, 0.2) is 0 Å². The number of carbonyl (C=O) groups excluding carboxylic acids is 1. The zero-order valence-corrected chi connectivity index (χ0v) is 14.1. The van der Waals surface area contributed by atoms with Gasteiger partial charge in [0.1, 0.15) is 0 Å². The van der Waals surface area contributed by atoms with Crippen molar-refractivity contribution in [1.82, 2.24) is 20.3 Å². The summed E-state index contributed by atoms with van der Waals surface area (Å²) in [5.41, 5.74) is 1.71. The van der Waals surface area contributed by atoms with Crippen LogP contribution in [0.5, 0.6) is 5.88 Å². The highest BCUT2D eigenvalue weighted by Gasteiger charge is 2.35. The van der Waals surface area contributed by atoms with Gasteiger partial charge in [-0.3, -0.25) is 14.8 Å². The van der Waals surface area contributed by atoms with Crippen LogP contribution in [-0.2, 0) is 11.2 Å². The van der Waals surface area contributed by atoms with Crippen molar-refractivity contribution in [1.29, 1.82) is 0 Å². The summed E-state index contributed by atoms with van der Waals surface area (Å²) in [5, 5.41) is 12.7. The molecule has 3 rings (SSSR count). The monoisotopic (exact) mass is 342 g/mol. The second-order valence-electron chi connectivity index (χ2n) is 6.26. The first-order chi connectivity index (χ1) is 12.2. The summed E-state index contributed by atoms with van der Waals surface area (Å²) in [6.45, 7) is 0. The number of carbonyl (C=O) groups is 1. The lowest BCUT2D eigenvalue weighted by atomic mass is 9.75. The Morgan fingerprint density at radius 1 is 1.32 bits per heavy atom. The second-order valence-corrected chi connectivity index (χ2v) is 6.26. The van der Waals surface area contributed by atoms with Gasteiger partial charge in [-0.25, -0.2) is 4.98 Å². The lowest BCUT2D eigenvalue weighted by molar-refractivity contribution is -0.123. The molecular weight excluding hydrogens is 320 g/mol. The summed E-state index contributed by atoms with van der Waals surface area (Å²) >= 11 is 0. The van der Waals surface area contributed by atoms with Gasteiger partial charge in [-0.2, -0.15) is 0 Å². The number of methoxy groups -OCH3 is 1. The molecule has 1 aliphatic rings. The van der Waals surface area contributed by atoms with Crippen LogP contribution in [0.4, 0.5) is 0 Å². The van der Waals surface area contributed by atoms with Gasteiger partial charge in [0.2, 0.25) is 11.8 Å². The van der Waals surface area contributed by atoms with E-state index in [4.69, 9.17) is 4.74 Å². The Morgan fingerprint density at radius 2 is 2.16 bits per heavy atom. The van der Waals surface area contributed by atoms with Crippen molar-refractivity contribution in [3.63, 3.8) is 0 Å². The normalized spacial score (nSPS) is 20.4. The Bertz CT molecular complexity index is 687. The van der Waals surface area contributed by atoms with E-state index in [1.54, 1.807) is 38.0 Å². The van der Waals surface area contributed by atoms with Crippen molar-refractivity contribution in [2.75, 3.05) is 7.11 Å². The molecule has 2 N–H and O–H groups in total. The summed E-state index contributed by atoms with van der Waals surface area (Å²) in [5.74, 6) is 0.698. The summed E-state index contributed by atoms with van der Waals surface area (Å²) < 4.78 is 5.08. The van der Waals surface area contributed by atoms with Gasteiger partial charge in [0, 0.05) is 37.3 Å². The van der Waals surface area contributed by atoms with Crippen molar-refractivity contribution >= 4 is 5.91 Å². The van der Waals surface area contributed by atoms with Gasteiger partial charge in [0.25, 0.3) is 0 Å². The molecule has 0 saturated heterocycles. The molecule has 1 atom stereocenters. The van der Waals surface area contributed by atoms with Crippen LogP contribution in [0.1, 0.15) is 36.6 Å². The third-order valence-corrected chi connectivity index (χ3v) is 4.49. The van der Waals surface area contributed by atoms with Crippen molar-refractivity contribution in [2.45, 2.75) is 37.8 Å². The maximum Gasteiger partial charge on any atom is 0.220 e. The molecule has 0 bridgehead atoms. The van der Waals surface area contributed by atoms with Gasteiger partial charge in [-0.05, 0) is 30.7 Å². The third kappa shape index (κ3) is 4.51. The van der Waals surface area contributed by atoms with Gasteiger partial charge < -0.3 is 15.2 Å². The highest BCUT2D eigenvalue weighted by Crippen LogP contribution is 2.38. The van der Waals surface area contributed by atoms with E-state index >= 15 is 0 Å². The zero-order valence-electron chi connectivity index (χ0n) is 14.1. The third-order valence-electron chi connectivity index (χ3n) is 4.49. The molecule has 0 aliphatic heterocycles. The summed E-state index contributed by atoms with van der Waals surface area (Å²) in [4.78, 5) is 24.8. The minimum absolute atomic E-state index is 0.0483. The average molecular weight is 342 g/mol. The molecule has 2 heterocycles. The van der Waals surface area contributed by atoms with Crippen LogP contribution in [-0.4, -0.2) is 39.2 Å². The Morgan fingerprint density at radius 3 is 2.76 bits per heavy atom. The molecule has 0 aromatic carbocycles. The number of nitrogens with zero attached hydrogens (tertiary/aromatic N) is 3. The fourth-order valence-corrected chi connectivity index (χ4v) is 3.02. The molecule has 2 aromatic heterocycles. The molecule has 1 amide bonds. The van der Waals surface area contributed by atoms with Crippen LogP contribution in [0.15, 0.2) is 36.9 Å². The molecule has 132 valence electrons. The van der Waals surface area contributed by atoms with Crippen molar-refractivity contribution in [3.05, 3.63) is 48.2 Å². The molecule has 0 spiro atoms. The average Bonchev–Trinajstić information content (AvgIpc) is 2.63. The first kappa shape index (κ1) is 17.3. The minimum Gasteiger partial charge on any atom is -0.481 e. The number of nitrogens with one attached hydrogen (secondary N) is 1. The molecule has 1 aliphatic carbocycles. The number of amides is 1. The van der Waals surface area contributed by atoms with E-state index in [9.17, 15) is 9.90 Å². The van der Waals surface area contributed by atoms with Crippen LogP contribution >= 0.6 is 0 Å². The second kappa shape index (κ2) is 8.02. The van der Waals surface area contributed by atoms with E-state index < -0.39 is 0 Å². The molecule has 1 saturated carbocycles. The largest absolute Gasteiger partial charge is 0.481 e. The number of aliphatic hydroxyl groups excluding tert-OH is 1. The van der Waals surface area contributed by atoms with Crippen LogP contribution in [0.2, 0.25) is 0 Å². The fourth-order valence-electron chi connectivity index (χ4n) is 3.02. The summed E-state index contributed by atoms with van der Waals surface area (Å²) in [7, 11) is 1.57. The van der Waals surface area contributed by atoms with Crippen LogP contribution in [0.3, 0.4) is 0 Å². The smallest absolute Gasteiger partial charge is 0.220 e. The zero-order chi connectivity index (χ0) is 17.6. The predicted octanol–water partition coefficient (Wildman–Crippen LogP) is 1.44.